The number of nitrogens with two attached hydrogens (primary N) is 1. The van der Waals surface area contributed by atoms with Crippen LogP contribution in [0.5, 0.6) is 0 Å². The molecule has 2 rings (SSSR count). The van der Waals surface area contributed by atoms with Gasteiger partial charge >= 0.3 is 0 Å². The predicted molar refractivity (Wildman–Crippen MR) is 56.6 cm³/mol. The van der Waals surface area contributed by atoms with Gasteiger partial charge in [-0.3, -0.25) is 4.98 Å². The highest BCUT2D eigenvalue weighted by Gasteiger charge is 2.01. The van der Waals surface area contributed by atoms with E-state index in [9.17, 15) is 0 Å². The number of nitriles is 1. The van der Waals surface area contributed by atoms with Crippen LogP contribution in [-0.2, 0) is 0 Å². The SMILES string of the molecule is N#Cc1cccc(-c2ccc(N)cn2)n1. The smallest absolute Gasteiger partial charge is 0.141 e. The summed E-state index contributed by atoms with van der Waals surface area (Å²) < 4.78 is 0. The summed E-state index contributed by atoms with van der Waals surface area (Å²) in [5, 5.41) is 8.70. The molecule has 2 aromatic rings. The molecule has 72 valence electrons. The number of hydrogen-bond donors (Lipinski definition) is 1. The highest BCUT2D eigenvalue weighted by Crippen LogP contribution is 2.15. The van der Waals surface area contributed by atoms with Crippen LogP contribution in [-0.4, -0.2) is 9.97 Å². The fourth-order valence-corrected chi connectivity index (χ4v) is 1.20. The summed E-state index contributed by atoms with van der Waals surface area (Å²) in [4.78, 5) is 8.25. The molecule has 0 atom stereocenters. The fourth-order valence-electron chi connectivity index (χ4n) is 1.20. The lowest BCUT2D eigenvalue weighted by Gasteiger charge is -2.00. The minimum absolute atomic E-state index is 0.381. The first-order valence-electron chi connectivity index (χ1n) is 4.38. The molecule has 0 radical (unpaired) electrons. The minimum atomic E-state index is 0.381. The molecule has 0 bridgehead atoms. The first kappa shape index (κ1) is 9.16. The molecule has 15 heavy (non-hydrogen) atoms. The Morgan fingerprint density at radius 1 is 1.13 bits per heavy atom. The Labute approximate surface area is 87.0 Å². The van der Waals surface area contributed by atoms with Crippen molar-refractivity contribution in [2.75, 3.05) is 5.73 Å². The first-order chi connectivity index (χ1) is 7.29. The van der Waals surface area contributed by atoms with Gasteiger partial charge in [-0.25, -0.2) is 4.98 Å². The molecule has 0 fully saturated rings. The van der Waals surface area contributed by atoms with Crippen molar-refractivity contribution < 1.29 is 0 Å². The Kier molecular flexibility index (Phi) is 2.30. The zero-order valence-electron chi connectivity index (χ0n) is 7.88. The molecule has 0 spiro atoms. The average molecular weight is 196 g/mol. The third-order valence-corrected chi connectivity index (χ3v) is 1.91. The average Bonchev–Trinajstić information content (AvgIpc) is 2.30. The molecule has 2 heterocycles. The van der Waals surface area contributed by atoms with Crippen molar-refractivity contribution in [3.63, 3.8) is 0 Å². The highest BCUT2D eigenvalue weighted by atomic mass is 14.8. The van der Waals surface area contributed by atoms with Crippen LogP contribution in [0.2, 0.25) is 0 Å². The fraction of sp³-hybridized carbons (Fsp3) is 0. The molecule has 0 aromatic carbocycles. The van der Waals surface area contributed by atoms with Gasteiger partial charge in [-0.05, 0) is 24.3 Å². The number of rotatable bonds is 1. The number of nitrogens with zero attached hydrogens (tertiary/aromatic N) is 3. The second-order valence-electron chi connectivity index (χ2n) is 3.00. The van der Waals surface area contributed by atoms with Gasteiger partial charge in [0.1, 0.15) is 11.8 Å². The summed E-state index contributed by atoms with van der Waals surface area (Å²) in [6.45, 7) is 0. The van der Waals surface area contributed by atoms with E-state index in [0.29, 0.717) is 22.8 Å². The van der Waals surface area contributed by atoms with E-state index in [4.69, 9.17) is 11.0 Å². The van der Waals surface area contributed by atoms with Crippen LogP contribution in [0.1, 0.15) is 5.69 Å². The molecule has 4 nitrogen and oxygen atoms in total. The third kappa shape index (κ3) is 1.92. The summed E-state index contributed by atoms with van der Waals surface area (Å²) in [7, 11) is 0. The highest BCUT2D eigenvalue weighted by molar-refractivity contribution is 5.56. The van der Waals surface area contributed by atoms with Crippen molar-refractivity contribution in [1.29, 1.82) is 5.26 Å². The summed E-state index contributed by atoms with van der Waals surface area (Å²) in [5.74, 6) is 0. The topological polar surface area (TPSA) is 75.6 Å². The van der Waals surface area contributed by atoms with E-state index in [0.717, 1.165) is 0 Å². The summed E-state index contributed by atoms with van der Waals surface area (Å²) in [6.07, 6.45) is 1.57. The van der Waals surface area contributed by atoms with Gasteiger partial charge in [-0.15, -0.1) is 0 Å². The number of hydrogen-bond acceptors (Lipinski definition) is 4. The van der Waals surface area contributed by atoms with Crippen molar-refractivity contribution in [3.05, 3.63) is 42.2 Å². The van der Waals surface area contributed by atoms with Crippen LogP contribution in [0.15, 0.2) is 36.5 Å². The van der Waals surface area contributed by atoms with Gasteiger partial charge < -0.3 is 5.73 Å². The van der Waals surface area contributed by atoms with E-state index in [-0.39, 0.29) is 0 Å². The van der Waals surface area contributed by atoms with E-state index in [1.807, 2.05) is 6.07 Å². The molecule has 0 aliphatic carbocycles. The van der Waals surface area contributed by atoms with Crippen LogP contribution in [0.3, 0.4) is 0 Å². The molecule has 2 aromatic heterocycles. The van der Waals surface area contributed by atoms with E-state index in [1.165, 1.54) is 0 Å². The lowest BCUT2D eigenvalue weighted by Crippen LogP contribution is -1.91. The third-order valence-electron chi connectivity index (χ3n) is 1.91. The van der Waals surface area contributed by atoms with E-state index in [1.54, 1.807) is 36.5 Å². The van der Waals surface area contributed by atoms with Crippen molar-refractivity contribution in [2.24, 2.45) is 0 Å². The van der Waals surface area contributed by atoms with Crippen LogP contribution < -0.4 is 5.73 Å². The number of anilines is 1. The Morgan fingerprint density at radius 2 is 2.00 bits per heavy atom. The normalized spacial score (nSPS) is 9.53. The molecule has 0 saturated heterocycles. The van der Waals surface area contributed by atoms with Crippen molar-refractivity contribution in [1.82, 2.24) is 9.97 Å². The first-order valence-corrected chi connectivity index (χ1v) is 4.38. The van der Waals surface area contributed by atoms with Crippen LogP contribution >= 0.6 is 0 Å². The maximum absolute atomic E-state index is 8.70. The van der Waals surface area contributed by atoms with Gasteiger partial charge in [0.05, 0.1) is 23.3 Å². The lowest BCUT2D eigenvalue weighted by atomic mass is 10.2. The second kappa shape index (κ2) is 3.76. The lowest BCUT2D eigenvalue weighted by molar-refractivity contribution is 1.22. The molecular weight excluding hydrogens is 188 g/mol. The van der Waals surface area contributed by atoms with Crippen LogP contribution in [0, 0.1) is 11.3 Å². The van der Waals surface area contributed by atoms with Gasteiger partial charge in [-0.1, -0.05) is 6.07 Å². The zero-order chi connectivity index (χ0) is 10.7. The second-order valence-corrected chi connectivity index (χ2v) is 3.00. The summed E-state index contributed by atoms with van der Waals surface area (Å²) in [5.41, 5.74) is 7.90. The largest absolute Gasteiger partial charge is 0.397 e. The van der Waals surface area contributed by atoms with Crippen molar-refractivity contribution >= 4 is 5.69 Å². The van der Waals surface area contributed by atoms with Gasteiger partial charge in [0, 0.05) is 0 Å². The monoisotopic (exact) mass is 196 g/mol. The van der Waals surface area contributed by atoms with Gasteiger partial charge in [0.25, 0.3) is 0 Å². The van der Waals surface area contributed by atoms with E-state index in [2.05, 4.69) is 9.97 Å². The molecule has 0 aliphatic rings. The molecule has 0 unspecified atom stereocenters. The Morgan fingerprint density at radius 3 is 2.67 bits per heavy atom. The summed E-state index contributed by atoms with van der Waals surface area (Å²) >= 11 is 0. The minimum Gasteiger partial charge on any atom is -0.397 e. The zero-order valence-corrected chi connectivity index (χ0v) is 7.88. The van der Waals surface area contributed by atoms with Crippen LogP contribution in [0.4, 0.5) is 5.69 Å². The van der Waals surface area contributed by atoms with E-state index >= 15 is 0 Å². The number of nitrogen functional groups attached to an aromatic ring is 1. The van der Waals surface area contributed by atoms with Crippen molar-refractivity contribution in [3.8, 4) is 17.5 Å². The molecule has 0 aliphatic heterocycles. The quantitative estimate of drug-likeness (QED) is 0.751. The molecule has 4 heteroatoms. The Balaban J connectivity index is 2.46. The van der Waals surface area contributed by atoms with Gasteiger partial charge in [-0.2, -0.15) is 5.26 Å². The molecule has 2 N–H and O–H groups in total. The van der Waals surface area contributed by atoms with Gasteiger partial charge in [0.15, 0.2) is 0 Å². The maximum atomic E-state index is 8.70. The Hall–Kier alpha value is -2.41. The summed E-state index contributed by atoms with van der Waals surface area (Å²) in [6, 6.07) is 10.7. The molecule has 0 saturated carbocycles. The maximum Gasteiger partial charge on any atom is 0.141 e. The number of aromatic nitrogens is 2. The molecule has 0 amide bonds. The van der Waals surface area contributed by atoms with Crippen molar-refractivity contribution in [2.45, 2.75) is 0 Å². The Bertz CT molecular complexity index is 511. The van der Waals surface area contributed by atoms with Gasteiger partial charge in [0.2, 0.25) is 0 Å². The standard InChI is InChI=1S/C11H8N4/c12-6-9-2-1-3-11(15-9)10-5-4-8(13)7-14-10/h1-5,7H,13H2. The predicted octanol–water partition coefficient (Wildman–Crippen LogP) is 1.60. The van der Waals surface area contributed by atoms with Crippen LogP contribution in [0.25, 0.3) is 11.4 Å². The van der Waals surface area contributed by atoms with E-state index < -0.39 is 0 Å². The molecular formula is C11H8N4. The number of pyridine rings is 2.